The molecule has 25 heavy (non-hydrogen) atoms. The highest BCUT2D eigenvalue weighted by Gasteiger charge is 2.38. The van der Waals surface area contributed by atoms with Gasteiger partial charge in [0.1, 0.15) is 6.54 Å². The molecule has 1 atom stereocenters. The number of H-pyrrole nitrogens is 1. The zero-order chi connectivity index (χ0) is 18.4. The number of hydrogen-bond acceptors (Lipinski definition) is 3. The Balaban J connectivity index is 2.11. The third kappa shape index (κ3) is 3.63. The van der Waals surface area contributed by atoms with Crippen molar-refractivity contribution in [3.8, 4) is 0 Å². The first kappa shape index (κ1) is 17.7. The van der Waals surface area contributed by atoms with Crippen LogP contribution >= 0.6 is 15.9 Å². The fraction of sp³-hybridized carbons (Fsp3) is 0.400. The van der Waals surface area contributed by atoms with E-state index >= 15 is 0 Å². The van der Waals surface area contributed by atoms with Crippen molar-refractivity contribution < 1.29 is 27.9 Å². The maximum absolute atomic E-state index is 12.9. The van der Waals surface area contributed by atoms with E-state index in [1.807, 2.05) is 0 Å². The summed E-state index contributed by atoms with van der Waals surface area (Å²) in [5.74, 6) is -3.07. The van der Waals surface area contributed by atoms with Gasteiger partial charge in [-0.15, -0.1) is 0 Å². The molecule has 1 aliphatic rings. The summed E-state index contributed by atoms with van der Waals surface area (Å²) in [5, 5.41) is 16.3. The van der Waals surface area contributed by atoms with E-state index in [1.54, 1.807) is 6.07 Å². The van der Waals surface area contributed by atoms with Crippen LogP contribution in [0.2, 0.25) is 0 Å². The minimum atomic E-state index is -4.57. The summed E-state index contributed by atoms with van der Waals surface area (Å²) in [7, 11) is 0. The zero-order valence-corrected chi connectivity index (χ0v) is 14.3. The molecule has 2 heterocycles. The number of alkyl halides is 3. The average Bonchev–Trinajstić information content (AvgIpc) is 2.93. The number of hydrogen-bond donors (Lipinski definition) is 2. The largest absolute Gasteiger partial charge is 0.481 e. The van der Waals surface area contributed by atoms with Gasteiger partial charge in [0.05, 0.1) is 24.1 Å². The van der Waals surface area contributed by atoms with Crippen molar-refractivity contribution in [2.24, 2.45) is 5.92 Å². The third-order valence-electron chi connectivity index (χ3n) is 4.16. The Labute approximate surface area is 148 Å². The molecule has 1 unspecified atom stereocenters. The first-order valence-electron chi connectivity index (χ1n) is 7.36. The first-order chi connectivity index (χ1) is 11.7. The molecule has 134 valence electrons. The topological polar surface area (TPSA) is 86.3 Å². The second-order valence-corrected chi connectivity index (χ2v) is 6.82. The number of carboxylic acid groups (broad SMARTS) is 1. The number of carbonyl (C=O) groups excluding carboxylic acids is 1. The highest BCUT2D eigenvalue weighted by Crippen LogP contribution is 2.35. The summed E-state index contributed by atoms with van der Waals surface area (Å²) in [6, 6.07) is 1.70. The van der Waals surface area contributed by atoms with E-state index in [0.29, 0.717) is 31.4 Å². The number of benzene rings is 1. The molecule has 0 aliphatic carbocycles. The third-order valence-corrected chi connectivity index (χ3v) is 4.78. The number of aliphatic carboxylic acids is 1. The molecule has 0 saturated heterocycles. The minimum absolute atomic E-state index is 0.0640. The van der Waals surface area contributed by atoms with Crippen molar-refractivity contribution in [1.29, 1.82) is 0 Å². The molecule has 2 aromatic rings. The van der Waals surface area contributed by atoms with Crippen molar-refractivity contribution in [2.45, 2.75) is 25.6 Å². The van der Waals surface area contributed by atoms with Crippen LogP contribution in [0.25, 0.3) is 10.9 Å². The Morgan fingerprint density at radius 2 is 2.20 bits per heavy atom. The Kier molecular flexibility index (Phi) is 4.48. The summed E-state index contributed by atoms with van der Waals surface area (Å²) in [5.41, 5.74) is 1.82. The smallest absolute Gasteiger partial charge is 0.406 e. The monoisotopic (exact) mass is 419 g/mol. The highest BCUT2D eigenvalue weighted by atomic mass is 79.9. The van der Waals surface area contributed by atoms with E-state index in [1.165, 1.54) is 6.20 Å². The number of carbonyl (C=O) groups is 2. The molecule has 10 heteroatoms. The van der Waals surface area contributed by atoms with Crippen LogP contribution in [0.3, 0.4) is 0 Å². The van der Waals surface area contributed by atoms with E-state index in [4.69, 9.17) is 5.11 Å². The molecule has 0 radical (unpaired) electrons. The standard InChI is InChI=1S/C15H13BrF3N3O3/c16-11-2-7-1-8(3-12(23)24)14(25)22(6-15(17,18)19)5-10(7)9-4-20-21-13(9)11/h2,4,8H,1,3,5-6H2,(H,20,21)(H,23,24). The van der Waals surface area contributed by atoms with Crippen LogP contribution in [0.5, 0.6) is 0 Å². The molecule has 2 N–H and O–H groups in total. The minimum Gasteiger partial charge on any atom is -0.481 e. The number of nitrogens with zero attached hydrogens (tertiary/aromatic N) is 2. The molecule has 1 aromatic carbocycles. The Morgan fingerprint density at radius 1 is 1.48 bits per heavy atom. The fourth-order valence-electron chi connectivity index (χ4n) is 3.15. The number of aromatic nitrogens is 2. The van der Waals surface area contributed by atoms with Crippen LogP contribution in [0.15, 0.2) is 16.7 Å². The van der Waals surface area contributed by atoms with Crippen molar-refractivity contribution in [3.63, 3.8) is 0 Å². The average molecular weight is 420 g/mol. The van der Waals surface area contributed by atoms with Gasteiger partial charge < -0.3 is 10.0 Å². The maximum atomic E-state index is 12.9. The Morgan fingerprint density at radius 3 is 2.84 bits per heavy atom. The molecular weight excluding hydrogens is 407 g/mol. The molecule has 1 aromatic heterocycles. The van der Waals surface area contributed by atoms with E-state index in [0.717, 1.165) is 0 Å². The Hall–Kier alpha value is -2.10. The van der Waals surface area contributed by atoms with Gasteiger partial charge in [-0.3, -0.25) is 14.7 Å². The predicted octanol–water partition coefficient (Wildman–Crippen LogP) is 2.86. The van der Waals surface area contributed by atoms with Gasteiger partial charge in [0, 0.05) is 16.4 Å². The molecule has 0 bridgehead atoms. The lowest BCUT2D eigenvalue weighted by Crippen LogP contribution is -2.41. The van der Waals surface area contributed by atoms with E-state index in [-0.39, 0.29) is 13.0 Å². The van der Waals surface area contributed by atoms with E-state index in [9.17, 15) is 22.8 Å². The number of amides is 1. The fourth-order valence-corrected chi connectivity index (χ4v) is 3.73. The number of aromatic amines is 1. The first-order valence-corrected chi connectivity index (χ1v) is 8.15. The van der Waals surface area contributed by atoms with Gasteiger partial charge in [-0.1, -0.05) is 0 Å². The van der Waals surface area contributed by atoms with Gasteiger partial charge in [-0.25, -0.2) is 0 Å². The number of rotatable bonds is 3. The summed E-state index contributed by atoms with van der Waals surface area (Å²) in [6.07, 6.45) is -3.53. The van der Waals surface area contributed by atoms with Crippen LogP contribution in [0.1, 0.15) is 17.5 Å². The van der Waals surface area contributed by atoms with E-state index in [2.05, 4.69) is 26.1 Å². The lowest BCUT2D eigenvalue weighted by molar-refractivity contribution is -0.165. The summed E-state index contributed by atoms with van der Waals surface area (Å²) in [4.78, 5) is 24.2. The lowest BCUT2D eigenvalue weighted by Gasteiger charge is -2.25. The van der Waals surface area contributed by atoms with Gasteiger partial charge >= 0.3 is 12.1 Å². The number of carboxylic acids is 1. The highest BCUT2D eigenvalue weighted by molar-refractivity contribution is 9.10. The van der Waals surface area contributed by atoms with Crippen LogP contribution in [0.4, 0.5) is 13.2 Å². The van der Waals surface area contributed by atoms with Gasteiger partial charge in [0.2, 0.25) is 5.91 Å². The molecule has 6 nitrogen and oxygen atoms in total. The van der Waals surface area contributed by atoms with Gasteiger partial charge in [0.25, 0.3) is 0 Å². The SMILES string of the molecule is O=C(O)CC1Cc2cc(Br)c3[nH]ncc3c2CN(CC(F)(F)F)C1=O. The van der Waals surface area contributed by atoms with E-state index < -0.39 is 36.9 Å². The molecule has 0 saturated carbocycles. The van der Waals surface area contributed by atoms with Crippen molar-refractivity contribution >= 4 is 38.7 Å². The van der Waals surface area contributed by atoms with Crippen LogP contribution < -0.4 is 0 Å². The van der Waals surface area contributed by atoms with Crippen LogP contribution in [-0.2, 0) is 22.6 Å². The molecule has 1 amide bonds. The maximum Gasteiger partial charge on any atom is 0.406 e. The quantitative estimate of drug-likeness (QED) is 0.800. The second kappa shape index (κ2) is 6.32. The second-order valence-electron chi connectivity index (χ2n) is 5.96. The number of fused-ring (bicyclic) bond motifs is 3. The van der Waals surface area contributed by atoms with Crippen molar-refractivity contribution in [2.75, 3.05) is 6.54 Å². The van der Waals surface area contributed by atoms with Crippen molar-refractivity contribution in [3.05, 3.63) is 27.9 Å². The predicted molar refractivity (Wildman–Crippen MR) is 84.7 cm³/mol. The Bertz CT molecular complexity index is 850. The molecule has 3 rings (SSSR count). The molecule has 1 aliphatic heterocycles. The van der Waals surface area contributed by atoms with Gasteiger partial charge in [-0.05, 0) is 39.5 Å². The number of halogens is 4. The molecule has 0 spiro atoms. The summed E-state index contributed by atoms with van der Waals surface area (Å²) >= 11 is 3.36. The van der Waals surface area contributed by atoms with Crippen LogP contribution in [-0.4, -0.2) is 44.8 Å². The summed E-state index contributed by atoms with van der Waals surface area (Å²) < 4.78 is 39.3. The summed E-state index contributed by atoms with van der Waals surface area (Å²) in [6.45, 7) is -1.66. The van der Waals surface area contributed by atoms with Gasteiger partial charge in [0.15, 0.2) is 0 Å². The van der Waals surface area contributed by atoms with Crippen molar-refractivity contribution in [1.82, 2.24) is 15.1 Å². The van der Waals surface area contributed by atoms with Gasteiger partial charge in [-0.2, -0.15) is 18.3 Å². The number of nitrogens with one attached hydrogen (secondary N) is 1. The zero-order valence-electron chi connectivity index (χ0n) is 12.7. The van der Waals surface area contributed by atoms with Crippen LogP contribution in [0, 0.1) is 5.92 Å². The normalized spacial score (nSPS) is 18.3. The lowest BCUT2D eigenvalue weighted by atomic mass is 9.93. The molecule has 0 fully saturated rings. The molecular formula is C15H13BrF3N3O3.